The molecule has 12 heteroatoms. The smallest absolute Gasteiger partial charge is 0.384 e. The summed E-state index contributed by atoms with van der Waals surface area (Å²) in [5.74, 6) is -1.63. The number of aliphatic imine (C=N–C) groups is 1. The lowest BCUT2D eigenvalue weighted by Gasteiger charge is -2.32. The third kappa shape index (κ3) is 6.65. The number of hydrogen-bond donors (Lipinski definition) is 4. The van der Waals surface area contributed by atoms with Crippen molar-refractivity contribution in [2.45, 2.75) is 44.3 Å². The number of carbonyl (C=O) groups excluding carboxylic acids is 1. The Balaban J connectivity index is 1.75. The summed E-state index contributed by atoms with van der Waals surface area (Å²) in [7, 11) is 0. The van der Waals surface area contributed by atoms with Crippen LogP contribution in [0.25, 0.3) is 5.69 Å². The summed E-state index contributed by atoms with van der Waals surface area (Å²) in [6.07, 6.45) is 3.78. The molecular formula is C30H31F4N7O. The SMILES string of the molecule is C=N/C=C(\C=C/C)C(N)(CCC1CC1)c1ccc(F)c(NC(=O)c2cc(C(F)(F)F)nn2-c2cccc(C(=N)N)c2)c1. The second kappa shape index (κ2) is 12.1. The molecule has 1 amide bonds. The zero-order valence-corrected chi connectivity index (χ0v) is 22.9. The number of nitrogens with one attached hydrogen (secondary N) is 2. The van der Waals surface area contributed by atoms with E-state index >= 15 is 4.39 Å². The number of rotatable bonds is 11. The summed E-state index contributed by atoms with van der Waals surface area (Å²) < 4.78 is 56.7. The number of halogens is 4. The van der Waals surface area contributed by atoms with Gasteiger partial charge in [0.25, 0.3) is 5.91 Å². The molecule has 0 bridgehead atoms. The molecule has 1 unspecified atom stereocenters. The van der Waals surface area contributed by atoms with E-state index in [-0.39, 0.29) is 22.8 Å². The zero-order valence-electron chi connectivity index (χ0n) is 22.9. The van der Waals surface area contributed by atoms with Gasteiger partial charge in [0.1, 0.15) is 17.3 Å². The highest BCUT2D eigenvalue weighted by Crippen LogP contribution is 2.41. The number of alkyl halides is 3. The molecule has 0 aliphatic heterocycles. The third-order valence-electron chi connectivity index (χ3n) is 7.10. The molecule has 0 saturated heterocycles. The Kier molecular flexibility index (Phi) is 8.76. The maximum atomic E-state index is 15.1. The molecule has 1 aliphatic carbocycles. The van der Waals surface area contributed by atoms with Crippen molar-refractivity contribution < 1.29 is 22.4 Å². The van der Waals surface area contributed by atoms with E-state index in [4.69, 9.17) is 16.9 Å². The molecule has 4 rings (SSSR count). The second-order valence-electron chi connectivity index (χ2n) is 10.2. The van der Waals surface area contributed by atoms with Gasteiger partial charge in [-0.15, -0.1) is 0 Å². The Labute approximate surface area is 240 Å². The molecule has 1 atom stereocenters. The number of carbonyl (C=O) groups is 1. The Bertz CT molecular complexity index is 1570. The van der Waals surface area contributed by atoms with Crippen LogP contribution in [0.15, 0.2) is 77.4 Å². The van der Waals surface area contributed by atoms with Crippen LogP contribution in [0.2, 0.25) is 0 Å². The number of aromatic nitrogens is 2. The maximum absolute atomic E-state index is 15.1. The van der Waals surface area contributed by atoms with Gasteiger partial charge in [0.15, 0.2) is 5.69 Å². The molecule has 42 heavy (non-hydrogen) atoms. The quantitative estimate of drug-likeness (QED) is 0.0946. The minimum atomic E-state index is -4.86. The fourth-order valence-electron chi connectivity index (χ4n) is 4.65. The van der Waals surface area contributed by atoms with Crippen molar-refractivity contribution in [2.75, 3.05) is 5.32 Å². The van der Waals surface area contributed by atoms with E-state index < -0.39 is 34.8 Å². The predicted molar refractivity (Wildman–Crippen MR) is 154 cm³/mol. The largest absolute Gasteiger partial charge is 0.435 e. The maximum Gasteiger partial charge on any atom is 0.435 e. The van der Waals surface area contributed by atoms with Crippen LogP contribution in [0.3, 0.4) is 0 Å². The van der Waals surface area contributed by atoms with Crippen molar-refractivity contribution >= 4 is 24.1 Å². The first-order valence-electron chi connectivity index (χ1n) is 13.2. The number of anilines is 1. The van der Waals surface area contributed by atoms with Crippen LogP contribution in [-0.4, -0.2) is 28.2 Å². The van der Waals surface area contributed by atoms with E-state index in [2.05, 4.69) is 22.1 Å². The van der Waals surface area contributed by atoms with E-state index in [0.29, 0.717) is 29.5 Å². The van der Waals surface area contributed by atoms with Crippen LogP contribution >= 0.6 is 0 Å². The van der Waals surface area contributed by atoms with Gasteiger partial charge < -0.3 is 16.8 Å². The van der Waals surface area contributed by atoms with E-state index in [1.807, 2.05) is 6.92 Å². The first-order valence-corrected chi connectivity index (χ1v) is 13.2. The molecule has 220 valence electrons. The van der Waals surface area contributed by atoms with Gasteiger partial charge in [0, 0.05) is 17.8 Å². The number of nitrogens with two attached hydrogens (primary N) is 2. The van der Waals surface area contributed by atoms with Crippen LogP contribution in [0, 0.1) is 17.1 Å². The molecule has 1 fully saturated rings. The van der Waals surface area contributed by atoms with Gasteiger partial charge in [-0.1, -0.05) is 43.2 Å². The van der Waals surface area contributed by atoms with Crippen LogP contribution < -0.4 is 16.8 Å². The average molecular weight is 582 g/mol. The lowest BCUT2D eigenvalue weighted by atomic mass is 9.79. The Morgan fingerprint density at radius 3 is 2.60 bits per heavy atom. The van der Waals surface area contributed by atoms with E-state index in [1.54, 1.807) is 12.2 Å². The first-order chi connectivity index (χ1) is 19.9. The Hall–Kier alpha value is -4.58. The summed E-state index contributed by atoms with van der Waals surface area (Å²) in [6, 6.07) is 10.3. The number of hydrogen-bond acceptors (Lipinski definition) is 5. The van der Waals surface area contributed by atoms with Crippen molar-refractivity contribution in [2.24, 2.45) is 22.4 Å². The molecule has 0 radical (unpaired) electrons. The van der Waals surface area contributed by atoms with Gasteiger partial charge in [-0.2, -0.15) is 18.3 Å². The van der Waals surface area contributed by atoms with E-state index in [9.17, 15) is 18.0 Å². The topological polar surface area (TPSA) is 135 Å². The number of nitrogens with zero attached hydrogens (tertiary/aromatic N) is 3. The summed E-state index contributed by atoms with van der Waals surface area (Å²) in [4.78, 5) is 17.3. The van der Waals surface area contributed by atoms with Crippen LogP contribution in [0.1, 0.15) is 59.9 Å². The highest BCUT2D eigenvalue weighted by Gasteiger charge is 2.37. The minimum Gasteiger partial charge on any atom is -0.384 e. The van der Waals surface area contributed by atoms with Gasteiger partial charge >= 0.3 is 6.18 Å². The molecule has 1 aromatic heterocycles. The summed E-state index contributed by atoms with van der Waals surface area (Å²) in [6.45, 7) is 5.35. The van der Waals surface area contributed by atoms with Crippen LogP contribution in [0.5, 0.6) is 0 Å². The normalized spacial score (nSPS) is 15.4. The van der Waals surface area contributed by atoms with Crippen molar-refractivity contribution in [3.05, 3.63) is 101 Å². The van der Waals surface area contributed by atoms with E-state index in [1.165, 1.54) is 42.6 Å². The molecule has 3 aromatic rings. The van der Waals surface area contributed by atoms with Gasteiger partial charge in [0.2, 0.25) is 0 Å². The lowest BCUT2D eigenvalue weighted by Crippen LogP contribution is -2.38. The van der Waals surface area contributed by atoms with Gasteiger partial charge in [-0.25, -0.2) is 9.07 Å². The summed E-state index contributed by atoms with van der Waals surface area (Å²) in [5, 5.41) is 13.6. The number of amides is 1. The van der Waals surface area contributed by atoms with Crippen LogP contribution in [-0.2, 0) is 11.7 Å². The van der Waals surface area contributed by atoms with Crippen molar-refractivity contribution in [1.29, 1.82) is 5.41 Å². The number of amidine groups is 1. The third-order valence-corrected chi connectivity index (χ3v) is 7.10. The molecule has 1 heterocycles. The molecule has 0 spiro atoms. The second-order valence-corrected chi connectivity index (χ2v) is 10.2. The number of nitrogen functional groups attached to an aromatic ring is 1. The van der Waals surface area contributed by atoms with Crippen molar-refractivity contribution in [1.82, 2.24) is 9.78 Å². The highest BCUT2D eigenvalue weighted by molar-refractivity contribution is 6.04. The lowest BCUT2D eigenvalue weighted by molar-refractivity contribution is -0.141. The first kappa shape index (κ1) is 30.4. The average Bonchev–Trinajstić information content (AvgIpc) is 3.66. The molecule has 6 N–H and O–H groups in total. The fourth-order valence-corrected chi connectivity index (χ4v) is 4.65. The molecule has 1 aliphatic rings. The Morgan fingerprint density at radius 1 is 1.24 bits per heavy atom. The fraction of sp³-hybridized carbons (Fsp3) is 0.267. The molecular weight excluding hydrogens is 550 g/mol. The monoisotopic (exact) mass is 581 g/mol. The highest BCUT2D eigenvalue weighted by atomic mass is 19.4. The van der Waals surface area contributed by atoms with Gasteiger partial charge in [-0.05, 0) is 67.8 Å². The molecule has 1 saturated carbocycles. The zero-order chi connectivity index (χ0) is 30.7. The van der Waals surface area contributed by atoms with Crippen molar-refractivity contribution in [3.63, 3.8) is 0 Å². The van der Waals surface area contributed by atoms with Crippen LogP contribution in [0.4, 0.5) is 23.2 Å². The van der Waals surface area contributed by atoms with Gasteiger partial charge in [-0.3, -0.25) is 15.2 Å². The standard InChI is InChI=1S/C30H31F4N7O/c1-3-5-21(17-38-2)29(37,13-12-18-8-9-18)20-10-11-23(31)24(15-20)39-28(42)25-16-26(30(32,33)34)40-41(25)22-7-4-6-19(14-22)27(35)36/h3-7,10-11,14-18H,2,8-9,12-13,37H2,1H3,(H3,35,36)(H,39,42)/b5-3-,21-17+. The summed E-state index contributed by atoms with van der Waals surface area (Å²) >= 11 is 0. The number of benzene rings is 2. The summed E-state index contributed by atoms with van der Waals surface area (Å²) in [5.41, 5.74) is 10.6. The van der Waals surface area contributed by atoms with E-state index in [0.717, 1.165) is 30.0 Å². The molecule has 2 aromatic carbocycles. The van der Waals surface area contributed by atoms with Crippen molar-refractivity contribution in [3.8, 4) is 5.69 Å². The number of allylic oxidation sites excluding steroid dienone is 1. The predicted octanol–water partition coefficient (Wildman–Crippen LogP) is 6.07. The molecule has 8 nitrogen and oxygen atoms in total. The Morgan fingerprint density at radius 2 is 1.98 bits per heavy atom. The van der Waals surface area contributed by atoms with Gasteiger partial charge in [0.05, 0.1) is 16.9 Å². The minimum absolute atomic E-state index is 0.0525.